The minimum Gasteiger partial charge on any atom is -0.481 e. The summed E-state index contributed by atoms with van der Waals surface area (Å²) in [5.41, 5.74) is 0. The van der Waals surface area contributed by atoms with Crippen LogP contribution in [0.1, 0.15) is 24.1 Å². The van der Waals surface area contributed by atoms with Crippen LogP contribution < -0.4 is 0 Å². The summed E-state index contributed by atoms with van der Waals surface area (Å²) >= 11 is 1.56. The molecule has 1 N–H and O–H groups in total. The average molecular weight is 253 g/mol. The molecule has 0 unspecified atom stereocenters. The zero-order chi connectivity index (χ0) is 12.3. The third-order valence-corrected chi connectivity index (χ3v) is 3.66. The third kappa shape index (κ3) is 3.56. The maximum Gasteiger partial charge on any atom is 0.305 e. The van der Waals surface area contributed by atoms with Crippen LogP contribution in [0.15, 0.2) is 17.5 Å². The third-order valence-electron chi connectivity index (χ3n) is 2.78. The molecule has 1 heterocycles. The second-order valence-electron chi connectivity index (χ2n) is 4.22. The molecule has 17 heavy (non-hydrogen) atoms. The van der Waals surface area contributed by atoms with E-state index >= 15 is 0 Å². The molecule has 0 bridgehead atoms. The molecular weight excluding hydrogens is 238 g/mol. The quantitative estimate of drug-likeness (QED) is 0.840. The minimum absolute atomic E-state index is 0.0344. The van der Waals surface area contributed by atoms with E-state index in [4.69, 9.17) is 5.11 Å². The number of amides is 1. The fourth-order valence-corrected chi connectivity index (χ4v) is 2.47. The highest BCUT2D eigenvalue weighted by Crippen LogP contribution is 2.27. The van der Waals surface area contributed by atoms with Crippen molar-refractivity contribution in [1.82, 2.24) is 4.90 Å². The van der Waals surface area contributed by atoms with Crippen molar-refractivity contribution in [3.63, 3.8) is 0 Å². The van der Waals surface area contributed by atoms with Crippen molar-refractivity contribution in [1.29, 1.82) is 0 Å². The Balaban J connectivity index is 1.91. The van der Waals surface area contributed by atoms with Gasteiger partial charge in [0.05, 0.1) is 12.8 Å². The number of carboxylic acids is 1. The highest BCUT2D eigenvalue weighted by molar-refractivity contribution is 7.10. The molecule has 5 heteroatoms. The summed E-state index contributed by atoms with van der Waals surface area (Å²) < 4.78 is 0. The SMILES string of the molecule is O=C(O)CCN(C(=O)Cc1cccs1)C1CC1. The Kier molecular flexibility index (Phi) is 3.78. The van der Waals surface area contributed by atoms with Crippen molar-refractivity contribution in [2.75, 3.05) is 6.54 Å². The first-order chi connectivity index (χ1) is 8.16. The second-order valence-corrected chi connectivity index (χ2v) is 5.25. The van der Waals surface area contributed by atoms with Crippen molar-refractivity contribution in [3.8, 4) is 0 Å². The van der Waals surface area contributed by atoms with Gasteiger partial charge in [-0.1, -0.05) is 6.07 Å². The Labute approximate surface area is 104 Å². The van der Waals surface area contributed by atoms with Gasteiger partial charge in [-0.15, -0.1) is 11.3 Å². The number of carbonyl (C=O) groups is 2. The molecule has 0 aliphatic heterocycles. The Morgan fingerprint density at radius 3 is 2.76 bits per heavy atom. The lowest BCUT2D eigenvalue weighted by atomic mass is 10.2. The molecule has 1 fully saturated rings. The number of carbonyl (C=O) groups excluding carboxylic acids is 1. The van der Waals surface area contributed by atoms with Gasteiger partial charge >= 0.3 is 5.97 Å². The molecule has 1 amide bonds. The number of nitrogens with zero attached hydrogens (tertiary/aromatic N) is 1. The van der Waals surface area contributed by atoms with Crippen molar-refractivity contribution < 1.29 is 14.7 Å². The first kappa shape index (κ1) is 12.1. The van der Waals surface area contributed by atoms with E-state index in [2.05, 4.69) is 0 Å². The molecule has 4 nitrogen and oxygen atoms in total. The van der Waals surface area contributed by atoms with Gasteiger partial charge in [0.15, 0.2) is 0 Å². The first-order valence-electron chi connectivity index (χ1n) is 5.70. The first-order valence-corrected chi connectivity index (χ1v) is 6.58. The lowest BCUT2D eigenvalue weighted by molar-refractivity contribution is -0.138. The van der Waals surface area contributed by atoms with E-state index in [0.29, 0.717) is 13.0 Å². The van der Waals surface area contributed by atoms with Gasteiger partial charge in [-0.2, -0.15) is 0 Å². The molecule has 1 aliphatic carbocycles. The summed E-state index contributed by atoms with van der Waals surface area (Å²) in [6.07, 6.45) is 2.45. The smallest absolute Gasteiger partial charge is 0.305 e. The predicted octanol–water partition coefficient (Wildman–Crippen LogP) is 1.76. The fourth-order valence-electron chi connectivity index (χ4n) is 1.78. The molecule has 1 saturated carbocycles. The number of carboxylic acid groups (broad SMARTS) is 1. The van der Waals surface area contributed by atoms with Gasteiger partial charge in [0.1, 0.15) is 0 Å². The van der Waals surface area contributed by atoms with E-state index in [1.165, 1.54) is 0 Å². The maximum absolute atomic E-state index is 12.0. The lowest BCUT2D eigenvalue weighted by Crippen LogP contribution is -2.35. The van der Waals surface area contributed by atoms with E-state index in [1.807, 2.05) is 17.5 Å². The molecule has 1 aliphatic rings. The lowest BCUT2D eigenvalue weighted by Gasteiger charge is -2.21. The molecule has 1 aromatic rings. The Hall–Kier alpha value is -1.36. The fraction of sp³-hybridized carbons (Fsp3) is 0.500. The summed E-state index contributed by atoms with van der Waals surface area (Å²) in [5, 5.41) is 10.6. The van der Waals surface area contributed by atoms with Crippen molar-refractivity contribution in [2.24, 2.45) is 0 Å². The Bertz CT molecular complexity index is 398. The van der Waals surface area contributed by atoms with Crippen LogP contribution in [-0.2, 0) is 16.0 Å². The van der Waals surface area contributed by atoms with Crippen molar-refractivity contribution in [2.45, 2.75) is 31.7 Å². The predicted molar refractivity (Wildman–Crippen MR) is 65.0 cm³/mol. The van der Waals surface area contributed by atoms with Gasteiger partial charge in [-0.25, -0.2) is 0 Å². The highest BCUT2D eigenvalue weighted by Gasteiger charge is 2.32. The van der Waals surface area contributed by atoms with Crippen LogP contribution in [0.4, 0.5) is 0 Å². The molecule has 0 aromatic carbocycles. The van der Waals surface area contributed by atoms with Crippen LogP contribution >= 0.6 is 11.3 Å². The molecule has 0 saturated heterocycles. The van der Waals surface area contributed by atoms with Gasteiger partial charge in [0.25, 0.3) is 0 Å². The molecule has 0 radical (unpaired) electrons. The Morgan fingerprint density at radius 1 is 1.47 bits per heavy atom. The van der Waals surface area contributed by atoms with Crippen molar-refractivity contribution >= 4 is 23.2 Å². The summed E-state index contributed by atoms with van der Waals surface area (Å²) in [6.45, 7) is 0.338. The summed E-state index contributed by atoms with van der Waals surface area (Å²) in [5.74, 6) is -0.796. The summed E-state index contributed by atoms with van der Waals surface area (Å²) in [7, 11) is 0. The molecule has 0 atom stereocenters. The zero-order valence-electron chi connectivity index (χ0n) is 9.46. The second kappa shape index (κ2) is 5.31. The van der Waals surface area contributed by atoms with Gasteiger partial charge in [0.2, 0.25) is 5.91 Å². The van der Waals surface area contributed by atoms with E-state index in [-0.39, 0.29) is 18.4 Å². The standard InChI is InChI=1S/C12H15NO3S/c14-11(8-10-2-1-7-17-10)13(9-3-4-9)6-5-12(15)16/h1-2,7,9H,3-6,8H2,(H,15,16). The van der Waals surface area contributed by atoms with Gasteiger partial charge in [-0.3, -0.25) is 9.59 Å². The van der Waals surface area contributed by atoms with Crippen LogP contribution in [0.2, 0.25) is 0 Å². The minimum atomic E-state index is -0.848. The van der Waals surface area contributed by atoms with Crippen LogP contribution in [-0.4, -0.2) is 34.5 Å². The van der Waals surface area contributed by atoms with E-state index in [0.717, 1.165) is 17.7 Å². The summed E-state index contributed by atoms with van der Waals surface area (Å²) in [6, 6.07) is 4.14. The highest BCUT2D eigenvalue weighted by atomic mass is 32.1. The molecule has 0 spiro atoms. The van der Waals surface area contributed by atoms with E-state index < -0.39 is 5.97 Å². The molecule has 1 aromatic heterocycles. The maximum atomic E-state index is 12.0. The van der Waals surface area contributed by atoms with E-state index in [1.54, 1.807) is 16.2 Å². The number of hydrogen-bond donors (Lipinski definition) is 1. The number of thiophene rings is 1. The molecular formula is C12H15NO3S. The number of rotatable bonds is 6. The molecule has 2 rings (SSSR count). The van der Waals surface area contributed by atoms with Crippen LogP contribution in [0.5, 0.6) is 0 Å². The van der Waals surface area contributed by atoms with Gasteiger partial charge < -0.3 is 10.0 Å². The average Bonchev–Trinajstić information content (AvgIpc) is 2.97. The normalized spacial score (nSPS) is 14.6. The summed E-state index contributed by atoms with van der Waals surface area (Å²) in [4.78, 5) is 25.4. The van der Waals surface area contributed by atoms with E-state index in [9.17, 15) is 9.59 Å². The number of aliphatic carboxylic acids is 1. The monoisotopic (exact) mass is 253 g/mol. The zero-order valence-corrected chi connectivity index (χ0v) is 10.3. The largest absolute Gasteiger partial charge is 0.481 e. The van der Waals surface area contributed by atoms with Gasteiger partial charge in [0, 0.05) is 17.5 Å². The van der Waals surface area contributed by atoms with Gasteiger partial charge in [-0.05, 0) is 24.3 Å². The van der Waals surface area contributed by atoms with Crippen molar-refractivity contribution in [3.05, 3.63) is 22.4 Å². The van der Waals surface area contributed by atoms with Crippen LogP contribution in [0.3, 0.4) is 0 Å². The molecule has 92 valence electrons. The van der Waals surface area contributed by atoms with Crippen LogP contribution in [0.25, 0.3) is 0 Å². The topological polar surface area (TPSA) is 57.6 Å². The Morgan fingerprint density at radius 2 is 2.24 bits per heavy atom. The van der Waals surface area contributed by atoms with Crippen LogP contribution in [0, 0.1) is 0 Å². The number of hydrogen-bond acceptors (Lipinski definition) is 3.